The summed E-state index contributed by atoms with van der Waals surface area (Å²) < 4.78 is 2.07. The fourth-order valence-electron chi connectivity index (χ4n) is 3.78. The highest BCUT2D eigenvalue weighted by Crippen LogP contribution is 2.23. The van der Waals surface area contributed by atoms with Crippen LogP contribution in [0, 0.1) is 13.8 Å². The van der Waals surface area contributed by atoms with Crippen molar-refractivity contribution in [2.24, 2.45) is 0 Å². The van der Waals surface area contributed by atoms with Crippen LogP contribution in [0.5, 0.6) is 0 Å². The summed E-state index contributed by atoms with van der Waals surface area (Å²) in [5.74, 6) is 1.02. The number of pyridine rings is 1. The van der Waals surface area contributed by atoms with Gasteiger partial charge in [0.15, 0.2) is 0 Å². The van der Waals surface area contributed by atoms with Gasteiger partial charge < -0.3 is 14.8 Å². The molecule has 0 bridgehead atoms. The van der Waals surface area contributed by atoms with E-state index < -0.39 is 0 Å². The van der Waals surface area contributed by atoms with Crippen LogP contribution in [0.15, 0.2) is 30.5 Å². The number of halogens is 2. The number of aromatic nitrogens is 2. The highest BCUT2D eigenvalue weighted by Gasteiger charge is 2.28. The maximum Gasteiger partial charge on any atom is 0.255 e. The summed E-state index contributed by atoms with van der Waals surface area (Å²) in [7, 11) is 0. The highest BCUT2D eigenvalue weighted by molar-refractivity contribution is 5.96. The van der Waals surface area contributed by atoms with Crippen LogP contribution in [0.3, 0.4) is 0 Å². The maximum absolute atomic E-state index is 13.3. The minimum absolute atomic E-state index is 0. The van der Waals surface area contributed by atoms with Crippen LogP contribution >= 0.6 is 24.8 Å². The van der Waals surface area contributed by atoms with Crippen molar-refractivity contribution in [3.05, 3.63) is 47.4 Å². The van der Waals surface area contributed by atoms with E-state index >= 15 is 0 Å². The molecule has 1 N–H and O–H groups in total. The Morgan fingerprint density at radius 3 is 2.56 bits per heavy atom. The Hall–Kier alpha value is -1.56. The van der Waals surface area contributed by atoms with Crippen LogP contribution in [0.25, 0.3) is 5.82 Å². The summed E-state index contributed by atoms with van der Waals surface area (Å²) in [5, 5.41) is 3.39. The molecule has 0 spiro atoms. The number of nitrogens with zero attached hydrogens (tertiary/aromatic N) is 3. The molecule has 0 atom stereocenters. The minimum atomic E-state index is 0. The van der Waals surface area contributed by atoms with Gasteiger partial charge in [0.1, 0.15) is 5.82 Å². The molecule has 1 aliphatic rings. The first-order valence-electron chi connectivity index (χ1n) is 9.25. The molecule has 3 heterocycles. The molecule has 1 saturated heterocycles. The molecular formula is C20H30Cl2N4O. The molecule has 7 heteroatoms. The third kappa shape index (κ3) is 5.03. The van der Waals surface area contributed by atoms with E-state index in [1.165, 1.54) is 0 Å². The van der Waals surface area contributed by atoms with E-state index in [9.17, 15) is 4.79 Å². The first kappa shape index (κ1) is 23.5. The Kier molecular flexibility index (Phi) is 9.30. The van der Waals surface area contributed by atoms with Crippen LogP contribution in [0.4, 0.5) is 0 Å². The molecule has 1 amide bonds. The SMILES string of the molecule is CCCN(C(=O)c1cc(C)n(-c2ccccn2)c1C)C1CCNCC1.Cl.Cl. The Labute approximate surface area is 174 Å². The second-order valence-electron chi connectivity index (χ2n) is 6.79. The minimum Gasteiger partial charge on any atom is -0.336 e. The predicted molar refractivity (Wildman–Crippen MR) is 115 cm³/mol. The maximum atomic E-state index is 13.3. The van der Waals surface area contributed by atoms with Crippen molar-refractivity contribution in [1.82, 2.24) is 19.8 Å². The average molecular weight is 413 g/mol. The van der Waals surface area contributed by atoms with Gasteiger partial charge in [-0.2, -0.15) is 0 Å². The summed E-state index contributed by atoms with van der Waals surface area (Å²) in [6.45, 7) is 8.99. The van der Waals surface area contributed by atoms with Gasteiger partial charge in [0.2, 0.25) is 0 Å². The Balaban J connectivity index is 0.00000182. The topological polar surface area (TPSA) is 50.2 Å². The van der Waals surface area contributed by atoms with E-state index in [-0.39, 0.29) is 30.7 Å². The number of amides is 1. The van der Waals surface area contributed by atoms with Crippen LogP contribution in [0.1, 0.15) is 47.9 Å². The largest absolute Gasteiger partial charge is 0.336 e. The van der Waals surface area contributed by atoms with E-state index in [2.05, 4.69) is 26.7 Å². The number of carbonyl (C=O) groups excluding carboxylic acids is 1. The molecule has 27 heavy (non-hydrogen) atoms. The lowest BCUT2D eigenvalue weighted by Crippen LogP contribution is -2.46. The standard InChI is InChI=1S/C20H28N4O.2ClH/c1-4-13-23(17-8-11-21-12-9-17)20(25)18-14-15(2)24(16(18)3)19-7-5-6-10-22-19;;/h5-7,10,14,17,21H,4,8-9,11-13H2,1-3H3;2*1H. The second kappa shape index (κ2) is 10.7. The van der Waals surface area contributed by atoms with Crippen LogP contribution in [0.2, 0.25) is 0 Å². The van der Waals surface area contributed by atoms with Crippen molar-refractivity contribution in [2.75, 3.05) is 19.6 Å². The van der Waals surface area contributed by atoms with E-state index in [0.29, 0.717) is 6.04 Å². The molecule has 2 aromatic heterocycles. The zero-order valence-electron chi connectivity index (χ0n) is 16.3. The van der Waals surface area contributed by atoms with Gasteiger partial charge in [-0.15, -0.1) is 24.8 Å². The van der Waals surface area contributed by atoms with Crippen LogP contribution < -0.4 is 5.32 Å². The molecule has 150 valence electrons. The van der Waals surface area contributed by atoms with E-state index in [1.807, 2.05) is 38.1 Å². The Morgan fingerprint density at radius 2 is 1.96 bits per heavy atom. The van der Waals surface area contributed by atoms with E-state index in [1.54, 1.807) is 6.20 Å². The van der Waals surface area contributed by atoms with Crippen molar-refractivity contribution in [1.29, 1.82) is 0 Å². The highest BCUT2D eigenvalue weighted by atomic mass is 35.5. The number of aryl methyl sites for hydroxylation is 1. The van der Waals surface area contributed by atoms with Gasteiger partial charge in [-0.1, -0.05) is 13.0 Å². The van der Waals surface area contributed by atoms with Crippen LogP contribution in [-0.4, -0.2) is 46.0 Å². The first-order valence-corrected chi connectivity index (χ1v) is 9.25. The van der Waals surface area contributed by atoms with Gasteiger partial charge in [0.25, 0.3) is 5.91 Å². The lowest BCUT2D eigenvalue weighted by atomic mass is 10.0. The molecular weight excluding hydrogens is 383 g/mol. The van der Waals surface area contributed by atoms with Gasteiger partial charge in [-0.3, -0.25) is 4.79 Å². The van der Waals surface area contributed by atoms with Crippen molar-refractivity contribution < 1.29 is 4.79 Å². The molecule has 0 aliphatic carbocycles. The first-order chi connectivity index (χ1) is 12.1. The third-order valence-corrected chi connectivity index (χ3v) is 5.01. The third-order valence-electron chi connectivity index (χ3n) is 5.01. The molecule has 1 fully saturated rings. The zero-order valence-corrected chi connectivity index (χ0v) is 17.9. The van der Waals surface area contributed by atoms with Gasteiger partial charge in [-0.25, -0.2) is 4.98 Å². The number of hydrogen-bond acceptors (Lipinski definition) is 3. The Bertz CT molecular complexity index is 727. The molecule has 0 saturated carbocycles. The number of piperidine rings is 1. The number of rotatable bonds is 5. The number of hydrogen-bond donors (Lipinski definition) is 1. The lowest BCUT2D eigenvalue weighted by Gasteiger charge is -2.34. The summed E-state index contributed by atoms with van der Waals surface area (Å²) in [6, 6.07) is 8.21. The van der Waals surface area contributed by atoms with Crippen molar-refractivity contribution in [2.45, 2.75) is 46.1 Å². The lowest BCUT2D eigenvalue weighted by molar-refractivity contribution is 0.0642. The zero-order chi connectivity index (χ0) is 17.8. The van der Waals surface area contributed by atoms with Crippen molar-refractivity contribution in [3.8, 4) is 5.82 Å². The van der Waals surface area contributed by atoms with Crippen molar-refractivity contribution in [3.63, 3.8) is 0 Å². The molecule has 0 unspecified atom stereocenters. The summed E-state index contributed by atoms with van der Waals surface area (Å²) in [5.41, 5.74) is 2.81. The molecule has 5 nitrogen and oxygen atoms in total. The molecule has 3 rings (SSSR count). The molecule has 0 aromatic carbocycles. The average Bonchev–Trinajstić information content (AvgIpc) is 2.95. The predicted octanol–water partition coefficient (Wildman–Crippen LogP) is 3.94. The fraction of sp³-hybridized carbons (Fsp3) is 0.500. The number of carbonyl (C=O) groups is 1. The monoisotopic (exact) mass is 412 g/mol. The molecule has 0 radical (unpaired) electrons. The summed E-state index contributed by atoms with van der Waals surface area (Å²) in [4.78, 5) is 19.9. The molecule has 2 aromatic rings. The van der Waals surface area contributed by atoms with Gasteiger partial charge in [0.05, 0.1) is 5.56 Å². The fourth-order valence-corrected chi connectivity index (χ4v) is 3.78. The van der Waals surface area contributed by atoms with Crippen molar-refractivity contribution >= 4 is 30.7 Å². The summed E-state index contributed by atoms with van der Waals surface area (Å²) in [6.07, 6.45) is 4.83. The quantitative estimate of drug-likeness (QED) is 0.808. The van der Waals surface area contributed by atoms with E-state index in [0.717, 1.165) is 61.7 Å². The van der Waals surface area contributed by atoms with E-state index in [4.69, 9.17) is 0 Å². The normalized spacial score (nSPS) is 14.2. The Morgan fingerprint density at radius 1 is 1.26 bits per heavy atom. The van der Waals surface area contributed by atoms with Crippen LogP contribution in [-0.2, 0) is 0 Å². The number of nitrogens with one attached hydrogen (secondary N) is 1. The van der Waals surface area contributed by atoms with Gasteiger partial charge in [-0.05, 0) is 64.4 Å². The smallest absolute Gasteiger partial charge is 0.255 e. The van der Waals surface area contributed by atoms with Gasteiger partial charge in [0, 0.05) is 30.2 Å². The van der Waals surface area contributed by atoms with Gasteiger partial charge >= 0.3 is 0 Å². The second-order valence-corrected chi connectivity index (χ2v) is 6.79. The molecule has 1 aliphatic heterocycles. The summed E-state index contributed by atoms with van der Waals surface area (Å²) >= 11 is 0.